The Morgan fingerprint density at radius 2 is 2.12 bits per heavy atom. The Morgan fingerprint density at radius 1 is 1.47 bits per heavy atom. The molecule has 1 aromatic rings. The molecule has 2 heterocycles. The van der Waals surface area contributed by atoms with Crippen LogP contribution >= 0.6 is 0 Å². The van der Waals surface area contributed by atoms with Gasteiger partial charge in [-0.25, -0.2) is 4.79 Å². The first kappa shape index (κ1) is 12.1. The topological polar surface area (TPSA) is 73.9 Å². The molecule has 94 valence electrons. The number of carboxylic acid groups (broad SMARTS) is 1. The molecule has 5 heteroatoms. The summed E-state index contributed by atoms with van der Waals surface area (Å²) in [7, 11) is 0. The van der Waals surface area contributed by atoms with Gasteiger partial charge < -0.3 is 14.6 Å². The molecule has 1 saturated heterocycles. The molecule has 0 amide bonds. The van der Waals surface area contributed by atoms with Crippen LogP contribution in [0, 0.1) is 0 Å². The highest BCUT2D eigenvalue weighted by atomic mass is 16.4. The second-order valence-corrected chi connectivity index (χ2v) is 4.84. The maximum Gasteiger partial charge on any atom is 0.371 e. The minimum Gasteiger partial charge on any atom is -0.475 e. The van der Waals surface area contributed by atoms with E-state index in [4.69, 9.17) is 9.52 Å². The summed E-state index contributed by atoms with van der Waals surface area (Å²) >= 11 is 0. The van der Waals surface area contributed by atoms with Gasteiger partial charge in [-0.2, -0.15) is 0 Å². The van der Waals surface area contributed by atoms with Crippen molar-refractivity contribution in [2.24, 2.45) is 0 Å². The molecule has 2 N–H and O–H groups in total. The maximum absolute atomic E-state index is 10.7. The summed E-state index contributed by atoms with van der Waals surface area (Å²) in [5.74, 6) is -0.411. The average molecular weight is 239 g/mol. The highest BCUT2D eigenvalue weighted by Gasteiger charge is 2.27. The lowest BCUT2D eigenvalue weighted by Crippen LogP contribution is -2.41. The zero-order valence-corrected chi connectivity index (χ0v) is 9.85. The van der Waals surface area contributed by atoms with E-state index >= 15 is 0 Å². The Balaban J connectivity index is 1.91. The standard InChI is InChI=1S/C12H17NO4/c1-12(16)4-6-13(7-5-12)8-9-2-3-10(17-9)11(14)15/h2-3,16H,4-8H2,1H3,(H,14,15). The third-order valence-corrected chi connectivity index (χ3v) is 3.19. The van der Waals surface area contributed by atoms with E-state index in [2.05, 4.69) is 4.90 Å². The Kier molecular flexibility index (Phi) is 3.22. The van der Waals surface area contributed by atoms with Gasteiger partial charge in [0.05, 0.1) is 12.1 Å². The number of hydrogen-bond acceptors (Lipinski definition) is 4. The number of aliphatic hydroxyl groups is 1. The summed E-state index contributed by atoms with van der Waals surface area (Å²) in [5, 5.41) is 18.5. The van der Waals surface area contributed by atoms with E-state index in [1.807, 2.05) is 6.92 Å². The van der Waals surface area contributed by atoms with Crippen LogP contribution in [-0.4, -0.2) is 39.8 Å². The molecule has 0 unspecified atom stereocenters. The summed E-state index contributed by atoms with van der Waals surface area (Å²) in [6, 6.07) is 3.16. The van der Waals surface area contributed by atoms with E-state index in [0.29, 0.717) is 12.3 Å². The fraction of sp³-hybridized carbons (Fsp3) is 0.583. The van der Waals surface area contributed by atoms with Gasteiger partial charge in [0.15, 0.2) is 0 Å². The second-order valence-electron chi connectivity index (χ2n) is 4.84. The summed E-state index contributed by atoms with van der Waals surface area (Å²) in [5.41, 5.74) is -0.564. The largest absolute Gasteiger partial charge is 0.475 e. The molecule has 0 radical (unpaired) electrons. The molecule has 1 aliphatic heterocycles. The van der Waals surface area contributed by atoms with Crippen LogP contribution in [-0.2, 0) is 6.54 Å². The van der Waals surface area contributed by atoms with Crippen LogP contribution < -0.4 is 0 Å². The van der Waals surface area contributed by atoms with E-state index in [0.717, 1.165) is 25.9 Å². The lowest BCUT2D eigenvalue weighted by molar-refractivity contribution is -0.00875. The van der Waals surface area contributed by atoms with Crippen molar-refractivity contribution in [3.8, 4) is 0 Å². The zero-order valence-electron chi connectivity index (χ0n) is 9.85. The van der Waals surface area contributed by atoms with Crippen molar-refractivity contribution < 1.29 is 19.4 Å². The normalized spacial score (nSPS) is 20.4. The summed E-state index contributed by atoms with van der Waals surface area (Å²) in [4.78, 5) is 12.8. The number of piperidine rings is 1. The fourth-order valence-electron chi connectivity index (χ4n) is 1.99. The molecular weight excluding hydrogens is 222 g/mol. The average Bonchev–Trinajstić information content (AvgIpc) is 2.70. The van der Waals surface area contributed by atoms with Gasteiger partial charge in [-0.05, 0) is 31.9 Å². The number of aromatic carboxylic acids is 1. The molecule has 0 aromatic carbocycles. The van der Waals surface area contributed by atoms with E-state index in [1.165, 1.54) is 6.07 Å². The Bertz CT molecular complexity index is 400. The van der Waals surface area contributed by atoms with Crippen LogP contribution in [0.3, 0.4) is 0 Å². The highest BCUT2D eigenvalue weighted by Crippen LogP contribution is 2.22. The fourth-order valence-corrected chi connectivity index (χ4v) is 1.99. The quantitative estimate of drug-likeness (QED) is 0.832. The first-order valence-electron chi connectivity index (χ1n) is 5.73. The second kappa shape index (κ2) is 4.50. The number of nitrogens with zero attached hydrogens (tertiary/aromatic N) is 1. The minimum absolute atomic E-state index is 0.0241. The van der Waals surface area contributed by atoms with E-state index in [1.54, 1.807) is 6.07 Å². The molecule has 17 heavy (non-hydrogen) atoms. The monoisotopic (exact) mass is 239 g/mol. The third kappa shape index (κ3) is 3.08. The smallest absolute Gasteiger partial charge is 0.371 e. The van der Waals surface area contributed by atoms with Crippen LogP contribution in [0.5, 0.6) is 0 Å². The lowest BCUT2D eigenvalue weighted by atomic mass is 9.94. The molecule has 1 fully saturated rings. The summed E-state index contributed by atoms with van der Waals surface area (Å²) < 4.78 is 5.20. The van der Waals surface area contributed by atoms with Crippen LogP contribution in [0.2, 0.25) is 0 Å². The number of furan rings is 1. The number of likely N-dealkylation sites (tertiary alicyclic amines) is 1. The van der Waals surface area contributed by atoms with Crippen molar-refractivity contribution in [3.63, 3.8) is 0 Å². The summed E-state index contributed by atoms with van der Waals surface area (Å²) in [6.45, 7) is 4.05. The predicted octanol–water partition coefficient (Wildman–Crippen LogP) is 1.32. The SMILES string of the molecule is CC1(O)CCN(Cc2ccc(C(=O)O)o2)CC1. The van der Waals surface area contributed by atoms with Gasteiger partial charge in [-0.3, -0.25) is 4.90 Å². The van der Waals surface area contributed by atoms with Crippen molar-refractivity contribution >= 4 is 5.97 Å². The molecule has 0 aliphatic carbocycles. The lowest BCUT2D eigenvalue weighted by Gasteiger charge is -2.35. The predicted molar refractivity (Wildman–Crippen MR) is 60.8 cm³/mol. The van der Waals surface area contributed by atoms with E-state index in [9.17, 15) is 9.90 Å². The van der Waals surface area contributed by atoms with Gasteiger partial charge in [-0.15, -0.1) is 0 Å². The maximum atomic E-state index is 10.7. The number of carboxylic acids is 1. The number of carbonyl (C=O) groups is 1. The van der Waals surface area contributed by atoms with Gasteiger partial charge >= 0.3 is 5.97 Å². The Labute approximate surface area is 99.6 Å². The summed E-state index contributed by atoms with van der Waals surface area (Å²) in [6.07, 6.45) is 1.47. The van der Waals surface area contributed by atoms with Crippen molar-refractivity contribution in [1.29, 1.82) is 0 Å². The van der Waals surface area contributed by atoms with Gasteiger partial charge in [0, 0.05) is 13.1 Å². The van der Waals surface area contributed by atoms with Crippen molar-refractivity contribution in [1.82, 2.24) is 4.90 Å². The van der Waals surface area contributed by atoms with Crippen LogP contribution in [0.1, 0.15) is 36.1 Å². The van der Waals surface area contributed by atoms with E-state index < -0.39 is 11.6 Å². The number of hydrogen-bond donors (Lipinski definition) is 2. The number of rotatable bonds is 3. The first-order valence-corrected chi connectivity index (χ1v) is 5.73. The van der Waals surface area contributed by atoms with Crippen LogP contribution in [0.4, 0.5) is 0 Å². The molecule has 1 aliphatic rings. The molecule has 0 spiro atoms. The molecule has 2 rings (SSSR count). The zero-order chi connectivity index (χ0) is 12.5. The highest BCUT2D eigenvalue weighted by molar-refractivity contribution is 5.84. The van der Waals surface area contributed by atoms with Crippen molar-refractivity contribution in [2.45, 2.75) is 31.9 Å². The Hall–Kier alpha value is -1.33. The molecule has 5 nitrogen and oxygen atoms in total. The van der Waals surface area contributed by atoms with Gasteiger partial charge in [0.25, 0.3) is 0 Å². The minimum atomic E-state index is -1.04. The molecule has 1 aromatic heterocycles. The molecular formula is C12H17NO4. The van der Waals surface area contributed by atoms with Crippen molar-refractivity contribution in [2.75, 3.05) is 13.1 Å². The molecule has 0 saturated carbocycles. The van der Waals surface area contributed by atoms with Gasteiger partial charge in [0.1, 0.15) is 5.76 Å². The van der Waals surface area contributed by atoms with Crippen LogP contribution in [0.25, 0.3) is 0 Å². The van der Waals surface area contributed by atoms with Crippen molar-refractivity contribution in [3.05, 3.63) is 23.7 Å². The molecule has 0 atom stereocenters. The Morgan fingerprint density at radius 3 is 2.65 bits per heavy atom. The van der Waals surface area contributed by atoms with E-state index in [-0.39, 0.29) is 5.76 Å². The van der Waals surface area contributed by atoms with Crippen LogP contribution in [0.15, 0.2) is 16.5 Å². The van der Waals surface area contributed by atoms with Gasteiger partial charge in [-0.1, -0.05) is 0 Å². The first-order chi connectivity index (χ1) is 7.96. The third-order valence-electron chi connectivity index (χ3n) is 3.19. The van der Waals surface area contributed by atoms with Gasteiger partial charge in [0.2, 0.25) is 5.76 Å². The molecule has 0 bridgehead atoms.